The SMILES string of the molecule is O=C(Nc1cc2ccc3cccc4ccc(c1)c2c34)c1ccc([B-](O)(O)O)cc1F. The molecule has 0 aliphatic rings. The maximum atomic E-state index is 14.3. The first-order chi connectivity index (χ1) is 14.3. The second-order valence-corrected chi connectivity index (χ2v) is 7.43. The first-order valence-corrected chi connectivity index (χ1v) is 9.41. The smallest absolute Gasteiger partial charge is 0.402 e. The predicted octanol–water partition coefficient (Wildman–Crippen LogP) is 3.10. The molecule has 0 bridgehead atoms. The van der Waals surface area contributed by atoms with Crippen LogP contribution in [0.1, 0.15) is 10.4 Å². The molecule has 1 amide bonds. The Labute approximate surface area is 170 Å². The number of hydrogen-bond donors (Lipinski definition) is 4. The van der Waals surface area contributed by atoms with Gasteiger partial charge in [0.05, 0.1) is 5.56 Å². The molecule has 5 aromatic rings. The second kappa shape index (κ2) is 6.50. The zero-order chi connectivity index (χ0) is 21.0. The quantitative estimate of drug-likeness (QED) is 0.277. The zero-order valence-corrected chi connectivity index (χ0v) is 15.6. The Kier molecular flexibility index (Phi) is 4.01. The van der Waals surface area contributed by atoms with Crippen molar-refractivity contribution in [2.45, 2.75) is 0 Å². The number of carbonyl (C=O) groups is 1. The van der Waals surface area contributed by atoms with Gasteiger partial charge in [0, 0.05) is 5.69 Å². The fourth-order valence-electron chi connectivity index (χ4n) is 3.98. The third-order valence-electron chi connectivity index (χ3n) is 5.41. The van der Waals surface area contributed by atoms with E-state index < -0.39 is 23.9 Å². The molecule has 148 valence electrons. The molecule has 7 heteroatoms. The van der Waals surface area contributed by atoms with E-state index in [1.165, 1.54) is 0 Å². The van der Waals surface area contributed by atoms with Crippen molar-refractivity contribution in [1.82, 2.24) is 0 Å². The average Bonchev–Trinajstić information content (AvgIpc) is 2.71. The van der Waals surface area contributed by atoms with Crippen molar-refractivity contribution >= 4 is 56.1 Å². The minimum Gasteiger partial charge on any atom is -0.556 e. The lowest BCUT2D eigenvalue weighted by atomic mass is 9.71. The van der Waals surface area contributed by atoms with Gasteiger partial charge >= 0.3 is 6.75 Å². The number of halogens is 1. The van der Waals surface area contributed by atoms with Gasteiger partial charge in [0.2, 0.25) is 0 Å². The summed E-state index contributed by atoms with van der Waals surface area (Å²) in [6.45, 7) is -3.83. The van der Waals surface area contributed by atoms with Gasteiger partial charge in [-0.25, -0.2) is 4.39 Å². The van der Waals surface area contributed by atoms with Crippen LogP contribution in [0.25, 0.3) is 32.3 Å². The van der Waals surface area contributed by atoms with Gasteiger partial charge in [0.25, 0.3) is 5.91 Å². The Morgan fingerprint density at radius 1 is 0.767 bits per heavy atom. The van der Waals surface area contributed by atoms with Gasteiger partial charge in [0.15, 0.2) is 0 Å². The van der Waals surface area contributed by atoms with Gasteiger partial charge < -0.3 is 20.4 Å². The number of nitrogens with one attached hydrogen (secondary N) is 1. The van der Waals surface area contributed by atoms with Crippen LogP contribution >= 0.6 is 0 Å². The van der Waals surface area contributed by atoms with Crippen LogP contribution in [0.3, 0.4) is 0 Å². The number of amides is 1. The standard InChI is InChI=1S/C23H16BFNO4/c25-20-12-17(24(28,29)30)8-9-19(20)23(27)26-18-10-15-6-4-13-2-1-3-14-5-7-16(11-18)22(15)21(13)14/h1-12,28-30H,(H,26,27)/q-1. The second-order valence-electron chi connectivity index (χ2n) is 7.43. The molecule has 5 rings (SSSR count). The number of anilines is 1. The van der Waals surface area contributed by atoms with Crippen LogP contribution in [0, 0.1) is 5.82 Å². The molecule has 0 aliphatic heterocycles. The topological polar surface area (TPSA) is 89.8 Å². The minimum atomic E-state index is -3.83. The van der Waals surface area contributed by atoms with Gasteiger partial charge in [-0.1, -0.05) is 54.6 Å². The highest BCUT2D eigenvalue weighted by molar-refractivity contribution is 6.71. The summed E-state index contributed by atoms with van der Waals surface area (Å²) >= 11 is 0. The van der Waals surface area contributed by atoms with Crippen molar-refractivity contribution < 1.29 is 24.3 Å². The summed E-state index contributed by atoms with van der Waals surface area (Å²) in [5, 5.41) is 36.8. The molecule has 0 radical (unpaired) electrons. The molecule has 5 aromatic carbocycles. The molecule has 0 heterocycles. The summed E-state index contributed by atoms with van der Waals surface area (Å²) in [5.74, 6) is -1.65. The summed E-state index contributed by atoms with van der Waals surface area (Å²) in [5.41, 5.74) is -0.171. The maximum Gasteiger partial charge on any atom is 0.402 e. The Hall–Kier alpha value is -3.52. The van der Waals surface area contributed by atoms with Crippen molar-refractivity contribution in [3.05, 3.63) is 84.2 Å². The summed E-state index contributed by atoms with van der Waals surface area (Å²) in [7, 11) is 0. The third-order valence-corrected chi connectivity index (χ3v) is 5.41. The largest absolute Gasteiger partial charge is 0.556 e. The highest BCUT2D eigenvalue weighted by Crippen LogP contribution is 2.36. The zero-order valence-electron chi connectivity index (χ0n) is 15.6. The first kappa shape index (κ1) is 18.5. The van der Waals surface area contributed by atoms with Crippen LogP contribution in [0.5, 0.6) is 0 Å². The van der Waals surface area contributed by atoms with E-state index in [1.54, 1.807) is 0 Å². The molecule has 0 atom stereocenters. The summed E-state index contributed by atoms with van der Waals surface area (Å²) < 4.78 is 14.3. The van der Waals surface area contributed by atoms with Crippen LogP contribution in [-0.2, 0) is 0 Å². The Morgan fingerprint density at radius 3 is 1.90 bits per heavy atom. The van der Waals surface area contributed by atoms with Crippen molar-refractivity contribution in [3.8, 4) is 0 Å². The van der Waals surface area contributed by atoms with Crippen molar-refractivity contribution in [2.75, 3.05) is 5.32 Å². The highest BCUT2D eigenvalue weighted by atomic mass is 19.1. The van der Waals surface area contributed by atoms with E-state index in [-0.39, 0.29) is 5.56 Å². The lowest BCUT2D eigenvalue weighted by molar-refractivity contribution is 0.102. The van der Waals surface area contributed by atoms with E-state index >= 15 is 0 Å². The van der Waals surface area contributed by atoms with Crippen LogP contribution in [0.2, 0.25) is 0 Å². The molecule has 5 nitrogen and oxygen atoms in total. The molecular formula is C23H16BFNO4-. The lowest BCUT2D eigenvalue weighted by Crippen LogP contribution is -2.49. The molecule has 30 heavy (non-hydrogen) atoms. The molecule has 0 aromatic heterocycles. The number of carbonyl (C=O) groups excluding carboxylic acids is 1. The van der Waals surface area contributed by atoms with Crippen LogP contribution in [0.4, 0.5) is 10.1 Å². The molecule has 0 saturated carbocycles. The Morgan fingerprint density at radius 2 is 1.33 bits per heavy atom. The van der Waals surface area contributed by atoms with Crippen LogP contribution < -0.4 is 10.8 Å². The molecule has 4 N–H and O–H groups in total. The molecule has 0 unspecified atom stereocenters. The van der Waals surface area contributed by atoms with E-state index in [0.717, 1.165) is 50.5 Å². The van der Waals surface area contributed by atoms with Crippen molar-refractivity contribution in [3.63, 3.8) is 0 Å². The van der Waals surface area contributed by atoms with E-state index in [2.05, 4.69) is 17.4 Å². The van der Waals surface area contributed by atoms with Gasteiger partial charge in [-0.05, 0) is 50.5 Å². The fraction of sp³-hybridized carbons (Fsp3) is 0. The Bertz CT molecular complexity index is 1380. The summed E-state index contributed by atoms with van der Waals surface area (Å²) in [6, 6.07) is 20.8. The number of hydrogen-bond acceptors (Lipinski definition) is 4. The monoisotopic (exact) mass is 400 g/mol. The summed E-state index contributed by atoms with van der Waals surface area (Å²) in [4.78, 5) is 12.6. The molecule has 0 aliphatic carbocycles. The minimum absolute atomic E-state index is 0.274. The predicted molar refractivity (Wildman–Crippen MR) is 117 cm³/mol. The van der Waals surface area contributed by atoms with Crippen molar-refractivity contribution in [2.24, 2.45) is 0 Å². The van der Waals surface area contributed by atoms with E-state index in [1.807, 2.05) is 42.5 Å². The normalized spacial score (nSPS) is 12.1. The lowest BCUT2D eigenvalue weighted by Gasteiger charge is -2.21. The van der Waals surface area contributed by atoms with Crippen LogP contribution in [-0.4, -0.2) is 27.7 Å². The highest BCUT2D eigenvalue weighted by Gasteiger charge is 2.21. The number of benzene rings is 5. The van der Waals surface area contributed by atoms with Gasteiger partial charge in [-0.2, -0.15) is 0 Å². The molecule has 0 fully saturated rings. The first-order valence-electron chi connectivity index (χ1n) is 9.41. The summed E-state index contributed by atoms with van der Waals surface area (Å²) in [6.07, 6.45) is 0. The third kappa shape index (κ3) is 2.97. The average molecular weight is 400 g/mol. The molecular weight excluding hydrogens is 384 g/mol. The van der Waals surface area contributed by atoms with Crippen LogP contribution in [0.15, 0.2) is 72.8 Å². The van der Waals surface area contributed by atoms with Gasteiger partial charge in [-0.15, -0.1) is 5.46 Å². The maximum absolute atomic E-state index is 14.3. The Balaban J connectivity index is 1.55. The van der Waals surface area contributed by atoms with E-state index in [4.69, 9.17) is 0 Å². The van der Waals surface area contributed by atoms with Gasteiger partial charge in [-0.3, -0.25) is 4.79 Å². The molecule has 0 spiro atoms. The van der Waals surface area contributed by atoms with E-state index in [9.17, 15) is 24.3 Å². The van der Waals surface area contributed by atoms with Crippen molar-refractivity contribution in [1.29, 1.82) is 0 Å². The van der Waals surface area contributed by atoms with E-state index in [0.29, 0.717) is 5.69 Å². The molecule has 0 saturated heterocycles. The fourth-order valence-corrected chi connectivity index (χ4v) is 3.98. The number of rotatable bonds is 3. The van der Waals surface area contributed by atoms with Gasteiger partial charge in [0.1, 0.15) is 5.82 Å².